The molecule has 1 aliphatic heterocycles. The number of carbonyl (C=O) groups is 1. The molecule has 0 amide bonds. The molecule has 0 spiro atoms. The van der Waals surface area contributed by atoms with Crippen molar-refractivity contribution < 1.29 is 14.6 Å². The number of aliphatic hydroxyl groups excluding tert-OH is 1. The van der Waals surface area contributed by atoms with Crippen molar-refractivity contribution in [3.63, 3.8) is 0 Å². The van der Waals surface area contributed by atoms with E-state index in [-0.39, 0.29) is 17.6 Å². The highest BCUT2D eigenvalue weighted by Crippen LogP contribution is 2.41. The summed E-state index contributed by atoms with van der Waals surface area (Å²) in [4.78, 5) is 12.7. The second-order valence-corrected chi connectivity index (χ2v) is 6.48. The van der Waals surface area contributed by atoms with Crippen LogP contribution >= 0.6 is 0 Å². The zero-order valence-corrected chi connectivity index (χ0v) is 14.5. The van der Waals surface area contributed by atoms with Gasteiger partial charge in [0, 0.05) is 12.3 Å². The van der Waals surface area contributed by atoms with Crippen LogP contribution in [0.2, 0.25) is 0 Å². The lowest BCUT2D eigenvalue weighted by molar-refractivity contribution is -0.161. The predicted molar refractivity (Wildman–Crippen MR) is 92.4 cm³/mol. The van der Waals surface area contributed by atoms with Gasteiger partial charge in [0.1, 0.15) is 11.4 Å². The molecule has 0 bridgehead atoms. The second-order valence-electron chi connectivity index (χ2n) is 6.48. The van der Waals surface area contributed by atoms with Gasteiger partial charge in [-0.2, -0.15) is 0 Å². The third-order valence-electron chi connectivity index (χ3n) is 4.70. The van der Waals surface area contributed by atoms with Gasteiger partial charge in [-0.1, -0.05) is 63.9 Å². The van der Waals surface area contributed by atoms with E-state index in [4.69, 9.17) is 4.74 Å². The largest absolute Gasteiger partial charge is 0.512 e. The summed E-state index contributed by atoms with van der Waals surface area (Å²) >= 11 is 0. The average molecular weight is 316 g/mol. The van der Waals surface area contributed by atoms with E-state index >= 15 is 0 Å². The Morgan fingerprint density at radius 2 is 1.74 bits per heavy atom. The lowest BCUT2D eigenvalue weighted by Gasteiger charge is -2.38. The molecular formula is C20H28O3. The molecule has 0 fully saturated rings. The molecule has 0 unspecified atom stereocenters. The molecule has 2 rings (SSSR count). The summed E-state index contributed by atoms with van der Waals surface area (Å²) in [6.07, 6.45) is 4.67. The fourth-order valence-corrected chi connectivity index (χ4v) is 3.76. The van der Waals surface area contributed by atoms with Crippen LogP contribution in [0.5, 0.6) is 0 Å². The van der Waals surface area contributed by atoms with E-state index in [2.05, 4.69) is 13.8 Å². The van der Waals surface area contributed by atoms with Crippen LogP contribution < -0.4 is 0 Å². The van der Waals surface area contributed by atoms with Gasteiger partial charge in [0.2, 0.25) is 0 Å². The number of cyclic esters (lactones) is 1. The van der Waals surface area contributed by atoms with Gasteiger partial charge in [-0.3, -0.25) is 0 Å². The Kier molecular flexibility index (Phi) is 5.86. The monoisotopic (exact) mass is 316 g/mol. The zero-order chi connectivity index (χ0) is 16.9. The first kappa shape index (κ1) is 17.6. The van der Waals surface area contributed by atoms with Crippen LogP contribution in [0.1, 0.15) is 70.8 Å². The Bertz CT molecular complexity index is 554. The number of esters is 1. The quantitative estimate of drug-likeness (QED) is 0.696. The molecule has 0 saturated carbocycles. The molecular weight excluding hydrogens is 288 g/mol. The molecule has 126 valence electrons. The number of benzene rings is 1. The second kappa shape index (κ2) is 7.67. The summed E-state index contributed by atoms with van der Waals surface area (Å²) in [7, 11) is 0. The average Bonchev–Trinajstić information content (AvgIpc) is 2.52. The molecule has 0 saturated heterocycles. The van der Waals surface area contributed by atoms with Gasteiger partial charge < -0.3 is 9.84 Å². The Balaban J connectivity index is 2.37. The standard InChI is InChI=1S/C20H28O3/c1-4-12-20(13-5-2)14-17(21)18(19(22)23-20)16(6-3)15-10-8-7-9-11-15/h7-11,16,21H,4-6,12-14H2,1-3H3/t16-/m0/s1. The van der Waals surface area contributed by atoms with Gasteiger partial charge in [0.15, 0.2) is 0 Å². The maximum atomic E-state index is 12.7. The van der Waals surface area contributed by atoms with Crippen molar-refractivity contribution >= 4 is 5.97 Å². The third-order valence-corrected chi connectivity index (χ3v) is 4.70. The SMILES string of the molecule is CCCC1(CCC)CC(O)=C([C@@H](CC)c2ccccc2)C(=O)O1. The van der Waals surface area contributed by atoms with Crippen molar-refractivity contribution in [3.05, 3.63) is 47.2 Å². The summed E-state index contributed by atoms with van der Waals surface area (Å²) in [6, 6.07) is 9.88. The Morgan fingerprint density at radius 3 is 2.22 bits per heavy atom. The highest BCUT2D eigenvalue weighted by molar-refractivity contribution is 5.92. The highest BCUT2D eigenvalue weighted by Gasteiger charge is 2.42. The van der Waals surface area contributed by atoms with Crippen LogP contribution in [0, 0.1) is 0 Å². The van der Waals surface area contributed by atoms with Crippen LogP contribution in [0.25, 0.3) is 0 Å². The van der Waals surface area contributed by atoms with E-state index in [1.165, 1.54) is 0 Å². The molecule has 1 aromatic carbocycles. The number of carbonyl (C=O) groups excluding carboxylic acids is 1. The predicted octanol–water partition coefficient (Wildman–Crippen LogP) is 5.28. The Morgan fingerprint density at radius 1 is 1.13 bits per heavy atom. The fraction of sp³-hybridized carbons (Fsp3) is 0.550. The van der Waals surface area contributed by atoms with Crippen molar-refractivity contribution in [1.82, 2.24) is 0 Å². The normalized spacial score (nSPS) is 18.7. The van der Waals surface area contributed by atoms with E-state index < -0.39 is 5.60 Å². The van der Waals surface area contributed by atoms with E-state index in [9.17, 15) is 9.90 Å². The summed E-state index contributed by atoms with van der Waals surface area (Å²) in [5, 5.41) is 10.7. The van der Waals surface area contributed by atoms with Crippen molar-refractivity contribution in [2.45, 2.75) is 70.8 Å². The number of hydrogen-bond donors (Lipinski definition) is 1. The number of hydrogen-bond acceptors (Lipinski definition) is 3. The first-order valence-corrected chi connectivity index (χ1v) is 8.77. The van der Waals surface area contributed by atoms with Crippen molar-refractivity contribution in [2.24, 2.45) is 0 Å². The van der Waals surface area contributed by atoms with Crippen LogP contribution in [-0.2, 0) is 9.53 Å². The molecule has 1 heterocycles. The summed E-state index contributed by atoms with van der Waals surface area (Å²) in [5.41, 5.74) is 0.969. The van der Waals surface area contributed by atoms with Crippen molar-refractivity contribution in [1.29, 1.82) is 0 Å². The van der Waals surface area contributed by atoms with Crippen LogP contribution in [0.15, 0.2) is 41.7 Å². The fourth-order valence-electron chi connectivity index (χ4n) is 3.76. The van der Waals surface area contributed by atoms with Gasteiger partial charge in [-0.25, -0.2) is 4.79 Å². The molecule has 3 nitrogen and oxygen atoms in total. The first-order valence-electron chi connectivity index (χ1n) is 8.77. The van der Waals surface area contributed by atoms with E-state index in [1.807, 2.05) is 37.3 Å². The van der Waals surface area contributed by atoms with E-state index in [0.29, 0.717) is 12.0 Å². The maximum Gasteiger partial charge on any atom is 0.338 e. The van der Waals surface area contributed by atoms with Crippen LogP contribution in [0.4, 0.5) is 0 Å². The number of aliphatic hydroxyl groups is 1. The molecule has 1 N–H and O–H groups in total. The molecule has 1 aliphatic rings. The third kappa shape index (κ3) is 3.77. The Hall–Kier alpha value is -1.77. The molecule has 0 radical (unpaired) electrons. The summed E-state index contributed by atoms with van der Waals surface area (Å²) < 4.78 is 5.89. The van der Waals surface area contributed by atoms with Gasteiger partial charge >= 0.3 is 5.97 Å². The van der Waals surface area contributed by atoms with Crippen LogP contribution in [0.3, 0.4) is 0 Å². The van der Waals surface area contributed by atoms with Crippen LogP contribution in [-0.4, -0.2) is 16.7 Å². The maximum absolute atomic E-state index is 12.7. The molecule has 1 aromatic rings. The molecule has 3 heteroatoms. The minimum absolute atomic E-state index is 0.107. The highest BCUT2D eigenvalue weighted by atomic mass is 16.6. The van der Waals surface area contributed by atoms with E-state index in [0.717, 1.165) is 37.7 Å². The molecule has 23 heavy (non-hydrogen) atoms. The number of rotatable bonds is 7. The van der Waals surface area contributed by atoms with E-state index in [1.54, 1.807) is 0 Å². The number of ether oxygens (including phenoxy) is 1. The summed E-state index contributed by atoms with van der Waals surface area (Å²) in [6.45, 7) is 6.20. The van der Waals surface area contributed by atoms with Gasteiger partial charge in [0.05, 0.1) is 5.57 Å². The molecule has 0 aliphatic carbocycles. The van der Waals surface area contributed by atoms with Gasteiger partial charge in [0.25, 0.3) is 0 Å². The van der Waals surface area contributed by atoms with Gasteiger partial charge in [-0.05, 0) is 24.8 Å². The Labute approximate surface area is 139 Å². The lowest BCUT2D eigenvalue weighted by Crippen LogP contribution is -2.41. The topological polar surface area (TPSA) is 46.5 Å². The lowest BCUT2D eigenvalue weighted by atomic mass is 9.80. The minimum atomic E-state index is -0.525. The van der Waals surface area contributed by atoms with Crippen molar-refractivity contribution in [3.8, 4) is 0 Å². The molecule has 0 aromatic heterocycles. The van der Waals surface area contributed by atoms with Crippen molar-refractivity contribution in [2.75, 3.05) is 0 Å². The van der Waals surface area contributed by atoms with Gasteiger partial charge in [-0.15, -0.1) is 0 Å². The molecule has 1 atom stereocenters. The zero-order valence-electron chi connectivity index (χ0n) is 14.5. The minimum Gasteiger partial charge on any atom is -0.512 e. The summed E-state index contributed by atoms with van der Waals surface area (Å²) in [5.74, 6) is -0.227. The first-order chi connectivity index (χ1) is 11.1. The smallest absolute Gasteiger partial charge is 0.338 e.